The number of carbonyl (C=O) groups is 1. The van der Waals surface area contributed by atoms with Gasteiger partial charge in [-0.3, -0.25) is 0 Å². The number of rotatable bonds is 7. The Kier molecular flexibility index (Phi) is 5.46. The zero-order chi connectivity index (χ0) is 14.5. The molecule has 1 aromatic heterocycles. The SMILES string of the molecule is CSCC(C)CNCc1c(C(=O)O)sc2ccccc12. The molecular formula is C15H19NO2S2. The lowest BCUT2D eigenvalue weighted by Gasteiger charge is -2.11. The lowest BCUT2D eigenvalue weighted by atomic mass is 10.1. The summed E-state index contributed by atoms with van der Waals surface area (Å²) in [4.78, 5) is 11.8. The maximum Gasteiger partial charge on any atom is 0.346 e. The third kappa shape index (κ3) is 3.53. The van der Waals surface area contributed by atoms with Crippen molar-refractivity contribution in [2.75, 3.05) is 18.6 Å². The third-order valence-electron chi connectivity index (χ3n) is 3.14. The van der Waals surface area contributed by atoms with E-state index in [9.17, 15) is 9.90 Å². The van der Waals surface area contributed by atoms with E-state index in [-0.39, 0.29) is 0 Å². The van der Waals surface area contributed by atoms with Crippen molar-refractivity contribution in [2.24, 2.45) is 5.92 Å². The summed E-state index contributed by atoms with van der Waals surface area (Å²) in [6.07, 6.45) is 2.10. The molecule has 20 heavy (non-hydrogen) atoms. The molecule has 0 aliphatic heterocycles. The molecule has 0 aliphatic carbocycles. The molecule has 1 aromatic carbocycles. The van der Waals surface area contributed by atoms with Crippen LogP contribution in [0, 0.1) is 5.92 Å². The van der Waals surface area contributed by atoms with Gasteiger partial charge in [-0.25, -0.2) is 4.79 Å². The van der Waals surface area contributed by atoms with Crippen LogP contribution in [0.15, 0.2) is 24.3 Å². The normalized spacial score (nSPS) is 12.7. The maximum atomic E-state index is 11.4. The van der Waals surface area contributed by atoms with Gasteiger partial charge in [0, 0.05) is 11.2 Å². The molecule has 2 N–H and O–H groups in total. The molecule has 2 rings (SSSR count). The van der Waals surface area contributed by atoms with Gasteiger partial charge in [0.25, 0.3) is 0 Å². The van der Waals surface area contributed by atoms with Gasteiger partial charge >= 0.3 is 5.97 Å². The van der Waals surface area contributed by atoms with Gasteiger partial charge in [-0.15, -0.1) is 11.3 Å². The maximum absolute atomic E-state index is 11.4. The van der Waals surface area contributed by atoms with Crippen LogP contribution in [0.25, 0.3) is 10.1 Å². The molecule has 0 saturated heterocycles. The first-order valence-corrected chi connectivity index (χ1v) is 8.78. The molecule has 0 bridgehead atoms. The fourth-order valence-corrected chi connectivity index (χ4v) is 3.98. The van der Waals surface area contributed by atoms with Crippen molar-refractivity contribution in [1.82, 2.24) is 5.32 Å². The summed E-state index contributed by atoms with van der Waals surface area (Å²) in [6, 6.07) is 7.88. The number of thioether (sulfide) groups is 1. The minimum absolute atomic E-state index is 0.455. The number of thiophene rings is 1. The van der Waals surface area contributed by atoms with Crippen molar-refractivity contribution < 1.29 is 9.90 Å². The molecular weight excluding hydrogens is 290 g/mol. The van der Waals surface area contributed by atoms with Gasteiger partial charge < -0.3 is 10.4 Å². The van der Waals surface area contributed by atoms with Crippen LogP contribution in [-0.4, -0.2) is 29.6 Å². The molecule has 1 atom stereocenters. The Hall–Kier alpha value is -1.04. The second kappa shape index (κ2) is 7.11. The molecule has 5 heteroatoms. The van der Waals surface area contributed by atoms with Crippen LogP contribution < -0.4 is 5.32 Å². The minimum atomic E-state index is -0.833. The number of benzene rings is 1. The zero-order valence-corrected chi connectivity index (χ0v) is 13.3. The van der Waals surface area contributed by atoms with E-state index in [2.05, 4.69) is 18.5 Å². The Morgan fingerprint density at radius 2 is 2.20 bits per heavy atom. The monoisotopic (exact) mass is 309 g/mol. The zero-order valence-electron chi connectivity index (χ0n) is 11.7. The molecule has 1 heterocycles. The Morgan fingerprint density at radius 1 is 1.45 bits per heavy atom. The average Bonchev–Trinajstić information content (AvgIpc) is 2.78. The van der Waals surface area contributed by atoms with Gasteiger partial charge in [0.2, 0.25) is 0 Å². The minimum Gasteiger partial charge on any atom is -0.477 e. The summed E-state index contributed by atoms with van der Waals surface area (Å²) in [5.41, 5.74) is 0.912. The highest BCUT2D eigenvalue weighted by Crippen LogP contribution is 2.31. The first-order chi connectivity index (χ1) is 9.63. The van der Waals surface area contributed by atoms with Crippen molar-refractivity contribution in [3.8, 4) is 0 Å². The van der Waals surface area contributed by atoms with E-state index in [0.29, 0.717) is 17.3 Å². The fraction of sp³-hybridized carbons (Fsp3) is 0.400. The number of aromatic carboxylic acids is 1. The molecule has 0 fully saturated rings. The van der Waals surface area contributed by atoms with Gasteiger partial charge in [-0.1, -0.05) is 25.1 Å². The second-order valence-electron chi connectivity index (χ2n) is 4.90. The molecule has 108 valence electrons. The highest BCUT2D eigenvalue weighted by Gasteiger charge is 2.17. The number of carboxylic acid groups (broad SMARTS) is 1. The van der Waals surface area contributed by atoms with Gasteiger partial charge in [0.1, 0.15) is 4.88 Å². The van der Waals surface area contributed by atoms with Crippen LogP contribution >= 0.6 is 23.1 Å². The summed E-state index contributed by atoms with van der Waals surface area (Å²) in [5, 5.41) is 13.8. The van der Waals surface area contributed by atoms with Crippen LogP contribution in [0.2, 0.25) is 0 Å². The van der Waals surface area contributed by atoms with E-state index in [1.165, 1.54) is 11.3 Å². The van der Waals surface area contributed by atoms with Crippen LogP contribution in [0.4, 0.5) is 0 Å². The molecule has 0 amide bonds. The largest absolute Gasteiger partial charge is 0.477 e. The van der Waals surface area contributed by atoms with Gasteiger partial charge in [0.05, 0.1) is 0 Å². The highest BCUT2D eigenvalue weighted by molar-refractivity contribution is 7.98. The smallest absolute Gasteiger partial charge is 0.346 e. The van der Waals surface area contributed by atoms with E-state index in [1.807, 2.05) is 36.0 Å². The van der Waals surface area contributed by atoms with E-state index < -0.39 is 5.97 Å². The highest BCUT2D eigenvalue weighted by atomic mass is 32.2. The quantitative estimate of drug-likeness (QED) is 0.819. The van der Waals surface area contributed by atoms with Crippen LogP contribution in [0.5, 0.6) is 0 Å². The first-order valence-electron chi connectivity index (χ1n) is 6.56. The lowest BCUT2D eigenvalue weighted by molar-refractivity contribution is 0.0701. The molecule has 0 saturated carbocycles. The van der Waals surface area contributed by atoms with Gasteiger partial charge in [-0.05, 0) is 41.5 Å². The average molecular weight is 309 g/mol. The molecule has 0 spiro atoms. The predicted octanol–water partition coefficient (Wildman–Crippen LogP) is 3.69. The van der Waals surface area contributed by atoms with Crippen LogP contribution in [-0.2, 0) is 6.54 Å². The Bertz CT molecular complexity index is 595. The molecule has 1 unspecified atom stereocenters. The van der Waals surface area contributed by atoms with E-state index in [1.54, 1.807) is 0 Å². The van der Waals surface area contributed by atoms with Crippen molar-refractivity contribution in [3.63, 3.8) is 0 Å². The molecule has 3 nitrogen and oxygen atoms in total. The molecule has 2 aromatic rings. The molecule has 0 aliphatic rings. The van der Waals surface area contributed by atoms with Crippen LogP contribution in [0.3, 0.4) is 0 Å². The number of carboxylic acids is 1. The third-order valence-corrected chi connectivity index (χ3v) is 5.24. The second-order valence-corrected chi connectivity index (χ2v) is 6.87. The number of hydrogen-bond donors (Lipinski definition) is 2. The summed E-state index contributed by atoms with van der Waals surface area (Å²) in [6.45, 7) is 3.72. The van der Waals surface area contributed by atoms with Crippen molar-refractivity contribution in [2.45, 2.75) is 13.5 Å². The summed E-state index contributed by atoms with van der Waals surface area (Å²) < 4.78 is 1.04. The first kappa shape index (κ1) is 15.4. The van der Waals surface area contributed by atoms with E-state index >= 15 is 0 Å². The Balaban J connectivity index is 2.15. The lowest BCUT2D eigenvalue weighted by Crippen LogP contribution is -2.22. The van der Waals surface area contributed by atoms with Crippen LogP contribution in [0.1, 0.15) is 22.2 Å². The number of nitrogens with one attached hydrogen (secondary N) is 1. The summed E-state index contributed by atoms with van der Waals surface area (Å²) in [5.74, 6) is 0.867. The fourth-order valence-electron chi connectivity index (χ4n) is 2.23. The summed E-state index contributed by atoms with van der Waals surface area (Å²) in [7, 11) is 0. The van der Waals surface area contributed by atoms with Gasteiger partial charge in [0.15, 0.2) is 0 Å². The number of fused-ring (bicyclic) bond motifs is 1. The predicted molar refractivity (Wildman–Crippen MR) is 88.0 cm³/mol. The van der Waals surface area contributed by atoms with Crippen molar-refractivity contribution >= 4 is 39.2 Å². The Labute approximate surface area is 127 Å². The summed E-state index contributed by atoms with van der Waals surface area (Å²) >= 11 is 3.19. The van der Waals surface area contributed by atoms with E-state index in [0.717, 1.165) is 27.9 Å². The topological polar surface area (TPSA) is 49.3 Å². The number of hydrogen-bond acceptors (Lipinski definition) is 4. The Morgan fingerprint density at radius 3 is 2.90 bits per heavy atom. The molecule has 0 radical (unpaired) electrons. The standard InChI is InChI=1S/C15H19NO2S2/c1-10(9-19-2)7-16-8-12-11-5-3-4-6-13(11)20-14(12)15(17)18/h3-6,10,16H,7-9H2,1-2H3,(H,17,18). The van der Waals surface area contributed by atoms with Gasteiger partial charge in [-0.2, -0.15) is 11.8 Å². The van der Waals surface area contributed by atoms with Crippen molar-refractivity contribution in [3.05, 3.63) is 34.7 Å². The van der Waals surface area contributed by atoms with E-state index in [4.69, 9.17) is 0 Å². The van der Waals surface area contributed by atoms with Crippen molar-refractivity contribution in [1.29, 1.82) is 0 Å².